The van der Waals surface area contributed by atoms with Crippen molar-refractivity contribution in [2.75, 3.05) is 19.7 Å². The van der Waals surface area contributed by atoms with Gasteiger partial charge >= 0.3 is 0 Å². The number of piperazine rings is 1. The van der Waals surface area contributed by atoms with Crippen LogP contribution in [0, 0.1) is 0 Å². The number of hydrogen-bond donors (Lipinski definition) is 2. The van der Waals surface area contributed by atoms with Gasteiger partial charge in [0.05, 0.1) is 6.04 Å². The molecule has 82 valence electrons. The Labute approximate surface area is 85.3 Å². The first-order chi connectivity index (χ1) is 6.46. The van der Waals surface area contributed by atoms with E-state index in [1.54, 1.807) is 0 Å². The quantitative estimate of drug-likeness (QED) is 0.658. The van der Waals surface area contributed by atoms with Crippen LogP contribution in [-0.4, -0.2) is 47.2 Å². The standard InChI is InChI=1S/C10H20N2O2/c1-10(2,3)12-6-5-11-8(4-7-13)9(12)14/h8,11,13H,4-7H2,1-3H3. The predicted octanol–water partition coefficient (Wildman–Crippen LogP) is -0.0323. The van der Waals surface area contributed by atoms with E-state index >= 15 is 0 Å². The van der Waals surface area contributed by atoms with Crippen molar-refractivity contribution in [2.24, 2.45) is 0 Å². The third-order valence-electron chi connectivity index (χ3n) is 2.52. The van der Waals surface area contributed by atoms with Gasteiger partial charge in [0.25, 0.3) is 0 Å². The lowest BCUT2D eigenvalue weighted by molar-refractivity contribution is -0.141. The molecule has 1 heterocycles. The van der Waals surface area contributed by atoms with Crippen LogP contribution in [0.4, 0.5) is 0 Å². The van der Waals surface area contributed by atoms with E-state index < -0.39 is 0 Å². The van der Waals surface area contributed by atoms with Crippen LogP contribution in [0.3, 0.4) is 0 Å². The lowest BCUT2D eigenvalue weighted by Crippen LogP contribution is -2.60. The minimum atomic E-state index is -0.201. The van der Waals surface area contributed by atoms with Gasteiger partial charge in [0.2, 0.25) is 5.91 Å². The van der Waals surface area contributed by atoms with E-state index in [0.29, 0.717) is 6.42 Å². The van der Waals surface area contributed by atoms with Crippen LogP contribution in [0.25, 0.3) is 0 Å². The van der Waals surface area contributed by atoms with Gasteiger partial charge in [0, 0.05) is 25.2 Å². The van der Waals surface area contributed by atoms with Gasteiger partial charge in [-0.25, -0.2) is 0 Å². The minimum absolute atomic E-state index is 0.0569. The smallest absolute Gasteiger partial charge is 0.240 e. The van der Waals surface area contributed by atoms with E-state index in [4.69, 9.17) is 5.11 Å². The van der Waals surface area contributed by atoms with Crippen molar-refractivity contribution >= 4 is 5.91 Å². The van der Waals surface area contributed by atoms with Gasteiger partial charge in [-0.05, 0) is 27.2 Å². The average Bonchev–Trinajstić information content (AvgIpc) is 2.07. The number of nitrogens with one attached hydrogen (secondary N) is 1. The maximum atomic E-state index is 11.9. The molecule has 14 heavy (non-hydrogen) atoms. The van der Waals surface area contributed by atoms with Crippen LogP contribution < -0.4 is 5.32 Å². The Kier molecular flexibility index (Phi) is 3.50. The van der Waals surface area contributed by atoms with Crippen LogP contribution in [0.2, 0.25) is 0 Å². The summed E-state index contributed by atoms with van der Waals surface area (Å²) in [5.74, 6) is 0.109. The van der Waals surface area contributed by atoms with Crippen molar-refractivity contribution in [3.63, 3.8) is 0 Å². The fourth-order valence-corrected chi connectivity index (χ4v) is 1.76. The zero-order valence-electron chi connectivity index (χ0n) is 9.21. The summed E-state index contributed by atoms with van der Waals surface area (Å²) in [4.78, 5) is 13.8. The van der Waals surface area contributed by atoms with Gasteiger partial charge in [-0.1, -0.05) is 0 Å². The number of carbonyl (C=O) groups excluding carboxylic acids is 1. The summed E-state index contributed by atoms with van der Waals surface area (Å²) in [7, 11) is 0. The Balaban J connectivity index is 2.66. The van der Waals surface area contributed by atoms with Crippen molar-refractivity contribution < 1.29 is 9.90 Å². The van der Waals surface area contributed by atoms with E-state index in [0.717, 1.165) is 13.1 Å². The molecule has 1 rings (SSSR count). The number of hydrogen-bond acceptors (Lipinski definition) is 3. The molecule has 4 nitrogen and oxygen atoms in total. The van der Waals surface area contributed by atoms with Gasteiger partial charge in [0.1, 0.15) is 0 Å². The number of rotatable bonds is 2. The highest BCUT2D eigenvalue weighted by Crippen LogP contribution is 2.17. The fraction of sp³-hybridized carbons (Fsp3) is 0.900. The molecule has 1 saturated heterocycles. The molecule has 0 aromatic heterocycles. The van der Waals surface area contributed by atoms with Crippen LogP contribution >= 0.6 is 0 Å². The summed E-state index contributed by atoms with van der Waals surface area (Å²) >= 11 is 0. The lowest BCUT2D eigenvalue weighted by atomic mass is 10.0. The van der Waals surface area contributed by atoms with E-state index in [1.807, 2.05) is 25.7 Å². The van der Waals surface area contributed by atoms with Crippen molar-refractivity contribution in [3.8, 4) is 0 Å². The summed E-state index contributed by atoms with van der Waals surface area (Å²) in [6.45, 7) is 7.73. The van der Waals surface area contributed by atoms with Gasteiger partial charge in [-0.2, -0.15) is 0 Å². The zero-order chi connectivity index (χ0) is 10.8. The maximum absolute atomic E-state index is 11.9. The largest absolute Gasteiger partial charge is 0.396 e. The third kappa shape index (κ3) is 2.45. The highest BCUT2D eigenvalue weighted by molar-refractivity contribution is 5.83. The van der Waals surface area contributed by atoms with Gasteiger partial charge in [-0.3, -0.25) is 4.79 Å². The maximum Gasteiger partial charge on any atom is 0.240 e. The summed E-state index contributed by atoms with van der Waals surface area (Å²) in [5.41, 5.74) is -0.118. The molecule has 0 saturated carbocycles. The second kappa shape index (κ2) is 4.28. The van der Waals surface area contributed by atoms with Crippen LogP contribution in [-0.2, 0) is 4.79 Å². The minimum Gasteiger partial charge on any atom is -0.396 e. The summed E-state index contributed by atoms with van der Waals surface area (Å²) < 4.78 is 0. The molecule has 0 aliphatic carbocycles. The third-order valence-corrected chi connectivity index (χ3v) is 2.52. The summed E-state index contributed by atoms with van der Waals surface area (Å²) in [6, 6.07) is -0.201. The van der Waals surface area contributed by atoms with E-state index in [-0.39, 0.29) is 24.1 Å². The van der Waals surface area contributed by atoms with E-state index in [9.17, 15) is 4.79 Å². The molecule has 1 atom stereocenters. The van der Waals surface area contributed by atoms with Crippen molar-refractivity contribution in [1.29, 1.82) is 0 Å². The van der Waals surface area contributed by atoms with Crippen LogP contribution in [0.5, 0.6) is 0 Å². The Hall–Kier alpha value is -0.610. The Morgan fingerprint density at radius 1 is 1.57 bits per heavy atom. The van der Waals surface area contributed by atoms with Gasteiger partial charge in [-0.15, -0.1) is 0 Å². The molecule has 0 radical (unpaired) electrons. The molecular weight excluding hydrogens is 180 g/mol. The van der Waals surface area contributed by atoms with Gasteiger partial charge < -0.3 is 15.3 Å². The zero-order valence-corrected chi connectivity index (χ0v) is 9.21. The SMILES string of the molecule is CC(C)(C)N1CCNC(CCO)C1=O. The normalized spacial score (nSPS) is 24.1. The Morgan fingerprint density at radius 3 is 2.71 bits per heavy atom. The van der Waals surface area contributed by atoms with Gasteiger partial charge in [0.15, 0.2) is 0 Å². The molecule has 1 aliphatic heterocycles. The molecule has 4 heteroatoms. The molecule has 2 N–H and O–H groups in total. The second-order valence-electron chi connectivity index (χ2n) is 4.68. The van der Waals surface area contributed by atoms with Crippen LogP contribution in [0.15, 0.2) is 0 Å². The Morgan fingerprint density at radius 2 is 2.21 bits per heavy atom. The molecule has 1 fully saturated rings. The lowest BCUT2D eigenvalue weighted by Gasteiger charge is -2.41. The molecule has 1 unspecified atom stereocenters. The molecule has 0 aromatic rings. The van der Waals surface area contributed by atoms with Crippen molar-refractivity contribution in [3.05, 3.63) is 0 Å². The average molecular weight is 200 g/mol. The van der Waals surface area contributed by atoms with Crippen molar-refractivity contribution in [2.45, 2.75) is 38.8 Å². The highest BCUT2D eigenvalue weighted by atomic mass is 16.3. The number of amides is 1. The summed E-state index contributed by atoms with van der Waals surface area (Å²) in [5, 5.41) is 11.9. The number of nitrogens with zero attached hydrogens (tertiary/aromatic N) is 1. The first kappa shape index (κ1) is 11.5. The number of aliphatic hydroxyl groups excluding tert-OH is 1. The molecule has 0 aromatic carbocycles. The first-order valence-electron chi connectivity index (χ1n) is 5.12. The monoisotopic (exact) mass is 200 g/mol. The van der Waals surface area contributed by atoms with Crippen LogP contribution in [0.1, 0.15) is 27.2 Å². The number of aliphatic hydroxyl groups is 1. The molecular formula is C10H20N2O2. The molecule has 1 amide bonds. The topological polar surface area (TPSA) is 52.6 Å². The van der Waals surface area contributed by atoms with E-state index in [1.165, 1.54) is 0 Å². The second-order valence-corrected chi connectivity index (χ2v) is 4.68. The fourth-order valence-electron chi connectivity index (χ4n) is 1.76. The van der Waals surface area contributed by atoms with Crippen molar-refractivity contribution in [1.82, 2.24) is 10.2 Å². The predicted molar refractivity (Wildman–Crippen MR) is 55.0 cm³/mol. The molecule has 0 bridgehead atoms. The first-order valence-corrected chi connectivity index (χ1v) is 5.12. The highest BCUT2D eigenvalue weighted by Gasteiger charge is 2.34. The Bertz CT molecular complexity index is 209. The van der Waals surface area contributed by atoms with E-state index in [2.05, 4.69) is 5.32 Å². The molecule has 1 aliphatic rings. The molecule has 0 spiro atoms. The number of carbonyl (C=O) groups is 1. The summed E-state index contributed by atoms with van der Waals surface area (Å²) in [6.07, 6.45) is 0.505.